The number of aromatic amines is 1. The first kappa shape index (κ1) is 14.8. The predicted octanol–water partition coefficient (Wildman–Crippen LogP) is 2.56. The normalized spacial score (nSPS) is 12.4. The monoisotopic (exact) mass is 314 g/mol. The van der Waals surface area contributed by atoms with E-state index in [4.69, 9.17) is 11.6 Å². The lowest BCUT2D eigenvalue weighted by Gasteiger charge is -2.18. The molecule has 0 saturated heterocycles. The van der Waals surface area contributed by atoms with Crippen molar-refractivity contribution in [2.45, 2.75) is 31.2 Å². The lowest BCUT2D eigenvalue weighted by atomic mass is 9.93. The summed E-state index contributed by atoms with van der Waals surface area (Å²) < 4.78 is 27.2. The summed E-state index contributed by atoms with van der Waals surface area (Å²) in [4.78, 5) is 10.6. The number of nitrogens with one attached hydrogen (secondary N) is 2. The van der Waals surface area contributed by atoms with Crippen LogP contribution in [-0.2, 0) is 15.4 Å². The Morgan fingerprint density at radius 1 is 1.25 bits per heavy atom. The molecule has 0 aliphatic rings. The van der Waals surface area contributed by atoms with E-state index >= 15 is 0 Å². The zero-order valence-electron chi connectivity index (χ0n) is 11.3. The van der Waals surface area contributed by atoms with Crippen LogP contribution in [0.5, 0.6) is 0 Å². The van der Waals surface area contributed by atoms with Crippen LogP contribution < -0.4 is 4.72 Å². The van der Waals surface area contributed by atoms with E-state index in [2.05, 4.69) is 19.7 Å². The summed E-state index contributed by atoms with van der Waals surface area (Å²) in [6.45, 7) is 5.72. The number of sulfonamides is 1. The molecule has 2 aromatic heterocycles. The number of aromatic nitrogens is 3. The molecule has 0 amide bonds. The number of H-pyrrole nitrogens is 1. The molecule has 0 aliphatic heterocycles. The van der Waals surface area contributed by atoms with Gasteiger partial charge in [-0.15, -0.1) is 0 Å². The van der Waals surface area contributed by atoms with Crippen molar-refractivity contribution in [2.75, 3.05) is 4.72 Å². The molecule has 2 heterocycles. The molecule has 0 aliphatic carbocycles. The number of rotatable bonds is 3. The predicted molar refractivity (Wildman–Crippen MR) is 77.3 cm³/mol. The van der Waals surface area contributed by atoms with Gasteiger partial charge in [0.25, 0.3) is 10.0 Å². The molecule has 0 spiro atoms. The summed E-state index contributed by atoms with van der Waals surface area (Å²) in [6, 6.07) is 3.05. The van der Waals surface area contributed by atoms with Gasteiger partial charge in [0, 0.05) is 5.41 Å². The molecule has 0 bridgehead atoms. The van der Waals surface area contributed by atoms with Gasteiger partial charge in [-0.1, -0.05) is 32.4 Å². The summed E-state index contributed by atoms with van der Waals surface area (Å²) >= 11 is 5.66. The van der Waals surface area contributed by atoms with Gasteiger partial charge in [-0.25, -0.2) is 9.97 Å². The molecule has 0 radical (unpaired) electrons. The molecular weight excluding hydrogens is 300 g/mol. The van der Waals surface area contributed by atoms with Crippen LogP contribution in [0, 0.1) is 0 Å². The lowest BCUT2D eigenvalue weighted by Crippen LogP contribution is -2.21. The van der Waals surface area contributed by atoms with E-state index in [-0.39, 0.29) is 10.4 Å². The number of hydrogen-bond acceptors (Lipinski definition) is 4. The van der Waals surface area contributed by atoms with E-state index in [9.17, 15) is 8.42 Å². The number of hydrogen-bond donors (Lipinski definition) is 2. The van der Waals surface area contributed by atoms with Crippen molar-refractivity contribution in [1.82, 2.24) is 15.0 Å². The average Bonchev–Trinajstić information content (AvgIpc) is 2.81. The second kappa shape index (κ2) is 5.06. The second-order valence-electron chi connectivity index (χ2n) is 5.31. The second-order valence-corrected chi connectivity index (χ2v) is 7.29. The van der Waals surface area contributed by atoms with Crippen molar-refractivity contribution in [2.24, 2.45) is 0 Å². The SMILES string of the molecule is CC(C)(C)c1[nH]cnc1S(=O)(=O)Nc1ccc(Cl)nc1. The Morgan fingerprint density at radius 2 is 1.95 bits per heavy atom. The first-order valence-corrected chi connectivity index (χ1v) is 7.74. The zero-order valence-corrected chi connectivity index (χ0v) is 12.9. The van der Waals surface area contributed by atoms with Gasteiger partial charge >= 0.3 is 0 Å². The molecule has 6 nitrogen and oxygen atoms in total. The third-order valence-corrected chi connectivity index (χ3v) is 4.14. The Hall–Kier alpha value is -1.60. The van der Waals surface area contributed by atoms with Gasteiger partial charge in [0.2, 0.25) is 0 Å². The average molecular weight is 315 g/mol. The molecule has 8 heteroatoms. The van der Waals surface area contributed by atoms with Crippen molar-refractivity contribution in [3.8, 4) is 0 Å². The van der Waals surface area contributed by atoms with E-state index < -0.39 is 10.0 Å². The van der Waals surface area contributed by atoms with Crippen LogP contribution in [0.15, 0.2) is 29.7 Å². The Labute approximate surface area is 122 Å². The summed E-state index contributed by atoms with van der Waals surface area (Å²) in [5.41, 5.74) is 0.517. The maximum Gasteiger partial charge on any atom is 0.281 e. The topological polar surface area (TPSA) is 87.7 Å². The van der Waals surface area contributed by atoms with E-state index in [1.165, 1.54) is 24.7 Å². The molecule has 0 atom stereocenters. The van der Waals surface area contributed by atoms with Gasteiger partial charge in [-0.2, -0.15) is 8.42 Å². The number of nitrogens with zero attached hydrogens (tertiary/aromatic N) is 2. The van der Waals surface area contributed by atoms with E-state index in [0.29, 0.717) is 16.5 Å². The molecule has 108 valence electrons. The van der Waals surface area contributed by atoms with Crippen LogP contribution in [-0.4, -0.2) is 23.4 Å². The van der Waals surface area contributed by atoms with Crippen LogP contribution in [0.25, 0.3) is 0 Å². The van der Waals surface area contributed by atoms with Crippen LogP contribution in [0.4, 0.5) is 5.69 Å². The van der Waals surface area contributed by atoms with Crippen molar-refractivity contribution in [3.63, 3.8) is 0 Å². The highest BCUT2D eigenvalue weighted by atomic mass is 35.5. The van der Waals surface area contributed by atoms with Gasteiger partial charge < -0.3 is 4.98 Å². The molecule has 2 N–H and O–H groups in total. The molecule has 2 aromatic rings. The van der Waals surface area contributed by atoms with E-state index in [0.717, 1.165) is 0 Å². The number of anilines is 1. The standard InChI is InChI=1S/C12H15ClN4O2S/c1-12(2,3)10-11(16-7-15-10)20(18,19)17-8-4-5-9(13)14-6-8/h4-7,17H,1-3H3,(H,15,16). The number of halogens is 1. The molecule has 0 aromatic carbocycles. The van der Waals surface area contributed by atoms with Crippen molar-refractivity contribution >= 4 is 27.3 Å². The Balaban J connectivity index is 2.37. The largest absolute Gasteiger partial charge is 0.347 e. The minimum Gasteiger partial charge on any atom is -0.347 e. The Bertz CT molecular complexity index is 702. The quantitative estimate of drug-likeness (QED) is 0.852. The summed E-state index contributed by atoms with van der Waals surface area (Å²) in [5, 5.41) is 0.281. The molecule has 20 heavy (non-hydrogen) atoms. The zero-order chi connectivity index (χ0) is 15.0. The molecule has 2 rings (SSSR count). The third-order valence-electron chi connectivity index (χ3n) is 2.59. The van der Waals surface area contributed by atoms with Gasteiger partial charge in [0.05, 0.1) is 23.9 Å². The third kappa shape index (κ3) is 3.10. The van der Waals surface area contributed by atoms with Crippen molar-refractivity contribution in [3.05, 3.63) is 35.5 Å². The maximum atomic E-state index is 12.4. The van der Waals surface area contributed by atoms with Gasteiger partial charge in [0.1, 0.15) is 5.15 Å². The van der Waals surface area contributed by atoms with Crippen LogP contribution in [0.1, 0.15) is 26.5 Å². The van der Waals surface area contributed by atoms with E-state index in [1.807, 2.05) is 20.8 Å². The molecular formula is C12H15ClN4O2S. The summed E-state index contributed by atoms with van der Waals surface area (Å²) in [5.74, 6) is 0. The van der Waals surface area contributed by atoms with Gasteiger partial charge in [0.15, 0.2) is 5.03 Å². The maximum absolute atomic E-state index is 12.4. The van der Waals surface area contributed by atoms with E-state index in [1.54, 1.807) is 0 Å². The van der Waals surface area contributed by atoms with Crippen molar-refractivity contribution in [1.29, 1.82) is 0 Å². The fraction of sp³-hybridized carbons (Fsp3) is 0.333. The highest BCUT2D eigenvalue weighted by molar-refractivity contribution is 7.92. The minimum atomic E-state index is -3.77. The highest BCUT2D eigenvalue weighted by Gasteiger charge is 2.28. The van der Waals surface area contributed by atoms with Crippen LogP contribution in [0.3, 0.4) is 0 Å². The fourth-order valence-corrected chi connectivity index (χ4v) is 3.13. The summed E-state index contributed by atoms with van der Waals surface area (Å²) in [6.07, 6.45) is 2.72. The first-order valence-electron chi connectivity index (χ1n) is 5.88. The van der Waals surface area contributed by atoms with Crippen molar-refractivity contribution < 1.29 is 8.42 Å². The Kier molecular flexibility index (Phi) is 3.75. The number of pyridine rings is 1. The number of imidazole rings is 1. The van der Waals surface area contributed by atoms with Crippen LogP contribution >= 0.6 is 11.6 Å². The van der Waals surface area contributed by atoms with Gasteiger partial charge in [-0.05, 0) is 12.1 Å². The first-order chi connectivity index (χ1) is 9.20. The molecule has 0 unspecified atom stereocenters. The smallest absolute Gasteiger partial charge is 0.281 e. The summed E-state index contributed by atoms with van der Waals surface area (Å²) in [7, 11) is -3.77. The highest BCUT2D eigenvalue weighted by Crippen LogP contribution is 2.27. The van der Waals surface area contributed by atoms with Gasteiger partial charge in [-0.3, -0.25) is 4.72 Å². The molecule has 0 saturated carbocycles. The lowest BCUT2D eigenvalue weighted by molar-refractivity contribution is 0.547. The minimum absolute atomic E-state index is 0.0139. The fourth-order valence-electron chi connectivity index (χ4n) is 1.66. The Morgan fingerprint density at radius 3 is 2.50 bits per heavy atom. The van der Waals surface area contributed by atoms with Crippen LogP contribution in [0.2, 0.25) is 5.15 Å². The molecule has 0 fully saturated rings.